The Kier molecular flexibility index (Phi) is 9.73. The highest BCUT2D eigenvalue weighted by Gasteiger charge is 2.32. The second-order valence-electron chi connectivity index (χ2n) is 9.77. The minimum absolute atomic E-state index is 0.260. The van der Waals surface area contributed by atoms with E-state index >= 15 is 0 Å². The van der Waals surface area contributed by atoms with Crippen molar-refractivity contribution in [3.8, 4) is 0 Å². The number of carbonyl (C=O) groups is 1. The van der Waals surface area contributed by atoms with Crippen molar-refractivity contribution in [2.75, 3.05) is 25.4 Å². The third kappa shape index (κ3) is 7.53. The normalized spacial score (nSPS) is 15.9. The van der Waals surface area contributed by atoms with E-state index < -0.39 is 16.1 Å². The molecule has 1 saturated heterocycles. The molecule has 204 valence electrons. The Morgan fingerprint density at radius 1 is 1.18 bits per heavy atom. The lowest BCUT2D eigenvalue weighted by molar-refractivity contribution is -0.158. The van der Waals surface area contributed by atoms with Gasteiger partial charge in [0.15, 0.2) is 0 Å². The summed E-state index contributed by atoms with van der Waals surface area (Å²) < 4.78 is 33.8. The number of fused-ring (bicyclic) bond motifs is 1. The number of para-hydroxylation sites is 1. The van der Waals surface area contributed by atoms with Gasteiger partial charge >= 0.3 is 0 Å². The number of benzene rings is 1. The van der Waals surface area contributed by atoms with Crippen LogP contribution in [0.4, 0.5) is 0 Å². The summed E-state index contributed by atoms with van der Waals surface area (Å²) in [6, 6.07) is 10.9. The Bertz CT molecular complexity index is 1300. The Labute approximate surface area is 223 Å². The zero-order chi connectivity index (χ0) is 27.0. The summed E-state index contributed by atoms with van der Waals surface area (Å²) >= 11 is 0. The standard InChI is InChI=1S/C27H35N5O5S/c1-21-16-23(25-7-2-3-8-26(25)30-21)18-37-17-22-10-14-31(15-11-22)38(35,36)19-24(32(34)20-33)6-4-9-27-28-12-5-13-29-27/h2-3,5,7-8,12-13,16,20,22,24,34H,4,6,9-11,14-15,17-19H2,1H3. The number of sulfonamides is 1. The number of aromatic nitrogens is 3. The molecule has 0 saturated carbocycles. The number of amides is 1. The van der Waals surface area contributed by atoms with Gasteiger partial charge in [-0.05, 0) is 62.3 Å². The van der Waals surface area contributed by atoms with Crippen LogP contribution in [0.1, 0.15) is 42.8 Å². The molecule has 10 nitrogen and oxygen atoms in total. The lowest BCUT2D eigenvalue weighted by Gasteiger charge is -2.33. The molecule has 1 fully saturated rings. The molecule has 0 spiro atoms. The van der Waals surface area contributed by atoms with Crippen LogP contribution in [0.25, 0.3) is 10.9 Å². The molecule has 1 unspecified atom stereocenters. The second-order valence-corrected chi connectivity index (χ2v) is 11.8. The van der Waals surface area contributed by atoms with Crippen LogP contribution in [0.2, 0.25) is 0 Å². The predicted octanol–water partition coefficient (Wildman–Crippen LogP) is 3.13. The third-order valence-corrected chi connectivity index (χ3v) is 8.91. The van der Waals surface area contributed by atoms with Crippen molar-refractivity contribution in [3.05, 3.63) is 65.9 Å². The van der Waals surface area contributed by atoms with Crippen molar-refractivity contribution in [3.63, 3.8) is 0 Å². The smallest absolute Gasteiger partial charge is 0.233 e. The monoisotopic (exact) mass is 541 g/mol. The zero-order valence-electron chi connectivity index (χ0n) is 21.6. The minimum atomic E-state index is -3.65. The number of carbonyl (C=O) groups excluding carboxylic acids is 1. The van der Waals surface area contributed by atoms with E-state index in [9.17, 15) is 18.4 Å². The minimum Gasteiger partial charge on any atom is -0.376 e. The first-order chi connectivity index (χ1) is 18.4. The molecule has 0 bridgehead atoms. The predicted molar refractivity (Wildman–Crippen MR) is 143 cm³/mol. The Morgan fingerprint density at radius 3 is 2.66 bits per heavy atom. The summed E-state index contributed by atoms with van der Waals surface area (Å²) in [4.78, 5) is 24.1. The quantitative estimate of drug-likeness (QED) is 0.199. The molecular formula is C27H35N5O5S. The highest BCUT2D eigenvalue weighted by molar-refractivity contribution is 7.89. The number of hydrogen-bond donors (Lipinski definition) is 1. The van der Waals surface area contributed by atoms with Gasteiger partial charge in [-0.25, -0.2) is 27.8 Å². The van der Waals surface area contributed by atoms with Gasteiger partial charge in [-0.3, -0.25) is 15.0 Å². The molecule has 1 atom stereocenters. The number of hydrogen-bond acceptors (Lipinski definition) is 8. The highest BCUT2D eigenvalue weighted by Crippen LogP contribution is 2.24. The Hall–Kier alpha value is -2.99. The van der Waals surface area contributed by atoms with Crippen LogP contribution in [0, 0.1) is 12.8 Å². The van der Waals surface area contributed by atoms with E-state index in [2.05, 4.69) is 15.0 Å². The molecule has 1 aromatic carbocycles. The van der Waals surface area contributed by atoms with Gasteiger partial charge in [0, 0.05) is 49.6 Å². The van der Waals surface area contributed by atoms with Crippen molar-refractivity contribution in [1.29, 1.82) is 0 Å². The van der Waals surface area contributed by atoms with E-state index in [0.29, 0.717) is 69.3 Å². The van der Waals surface area contributed by atoms with Gasteiger partial charge in [0.1, 0.15) is 5.82 Å². The van der Waals surface area contributed by atoms with Crippen molar-refractivity contribution in [2.24, 2.45) is 5.92 Å². The lowest BCUT2D eigenvalue weighted by atomic mass is 9.99. The molecule has 3 aromatic rings. The SMILES string of the molecule is Cc1cc(COCC2CCN(S(=O)(=O)CC(CCCc3ncccn3)N(O)C=O)CC2)c2ccccc2n1. The fraction of sp³-hybridized carbons (Fsp3) is 0.481. The second kappa shape index (κ2) is 13.2. The molecule has 4 rings (SSSR count). The fourth-order valence-corrected chi connectivity index (χ4v) is 6.67. The zero-order valence-corrected chi connectivity index (χ0v) is 22.5. The van der Waals surface area contributed by atoms with Gasteiger partial charge in [-0.15, -0.1) is 0 Å². The summed E-state index contributed by atoms with van der Waals surface area (Å²) in [7, 11) is -3.65. The summed E-state index contributed by atoms with van der Waals surface area (Å²) in [6.45, 7) is 3.80. The third-order valence-electron chi connectivity index (χ3n) is 6.95. The average Bonchev–Trinajstić information content (AvgIpc) is 2.92. The van der Waals surface area contributed by atoms with E-state index in [-0.39, 0.29) is 18.1 Å². The maximum absolute atomic E-state index is 13.1. The molecule has 38 heavy (non-hydrogen) atoms. The van der Waals surface area contributed by atoms with Crippen LogP contribution in [-0.2, 0) is 32.6 Å². The van der Waals surface area contributed by atoms with Crippen LogP contribution in [0.15, 0.2) is 48.8 Å². The van der Waals surface area contributed by atoms with Gasteiger partial charge in [-0.1, -0.05) is 18.2 Å². The number of piperidine rings is 1. The van der Waals surface area contributed by atoms with Crippen molar-refractivity contribution < 1.29 is 23.2 Å². The van der Waals surface area contributed by atoms with E-state index in [1.54, 1.807) is 18.5 Å². The van der Waals surface area contributed by atoms with Gasteiger partial charge in [0.05, 0.1) is 23.9 Å². The van der Waals surface area contributed by atoms with E-state index in [4.69, 9.17) is 4.74 Å². The molecular weight excluding hydrogens is 506 g/mol. The largest absolute Gasteiger partial charge is 0.376 e. The average molecular weight is 542 g/mol. The maximum Gasteiger partial charge on any atom is 0.233 e. The van der Waals surface area contributed by atoms with E-state index in [1.165, 1.54) is 4.31 Å². The first-order valence-corrected chi connectivity index (χ1v) is 14.6. The van der Waals surface area contributed by atoms with Crippen molar-refractivity contribution in [2.45, 2.75) is 51.7 Å². The molecule has 0 aliphatic carbocycles. The molecule has 1 N–H and O–H groups in total. The number of hydroxylamine groups is 2. The summed E-state index contributed by atoms with van der Waals surface area (Å²) in [6.07, 6.45) is 6.33. The lowest BCUT2D eigenvalue weighted by Crippen LogP contribution is -2.45. The van der Waals surface area contributed by atoms with Gasteiger partial charge in [0.2, 0.25) is 16.4 Å². The number of ether oxygens (including phenoxy) is 1. The molecule has 1 amide bonds. The van der Waals surface area contributed by atoms with Crippen LogP contribution in [0.5, 0.6) is 0 Å². The van der Waals surface area contributed by atoms with Gasteiger partial charge in [0.25, 0.3) is 0 Å². The summed E-state index contributed by atoms with van der Waals surface area (Å²) in [5, 5.41) is 11.6. The number of pyridine rings is 1. The maximum atomic E-state index is 13.1. The molecule has 0 radical (unpaired) electrons. The number of nitrogens with zero attached hydrogens (tertiary/aromatic N) is 5. The fourth-order valence-electron chi connectivity index (χ4n) is 4.89. The Balaban J connectivity index is 1.25. The van der Waals surface area contributed by atoms with Crippen molar-refractivity contribution in [1.82, 2.24) is 24.3 Å². The molecule has 1 aliphatic heterocycles. The topological polar surface area (TPSA) is 126 Å². The molecule has 11 heteroatoms. The van der Waals surface area contributed by atoms with Gasteiger partial charge < -0.3 is 4.74 Å². The summed E-state index contributed by atoms with van der Waals surface area (Å²) in [5.74, 6) is 0.580. The van der Waals surface area contributed by atoms with E-state index in [1.807, 2.05) is 37.3 Å². The Morgan fingerprint density at radius 2 is 1.92 bits per heavy atom. The highest BCUT2D eigenvalue weighted by atomic mass is 32.2. The van der Waals surface area contributed by atoms with Crippen LogP contribution >= 0.6 is 0 Å². The molecule has 1 aliphatic rings. The molecule has 2 aromatic heterocycles. The number of aryl methyl sites for hydroxylation is 2. The number of rotatable bonds is 13. The first-order valence-electron chi connectivity index (χ1n) is 12.9. The van der Waals surface area contributed by atoms with Crippen LogP contribution < -0.4 is 0 Å². The molecule has 3 heterocycles. The van der Waals surface area contributed by atoms with Crippen LogP contribution in [-0.4, -0.2) is 75.8 Å². The summed E-state index contributed by atoms with van der Waals surface area (Å²) in [5.41, 5.74) is 3.00. The van der Waals surface area contributed by atoms with Crippen LogP contribution in [0.3, 0.4) is 0 Å². The first kappa shape index (κ1) is 28.0. The van der Waals surface area contributed by atoms with Gasteiger partial charge in [-0.2, -0.15) is 0 Å². The van der Waals surface area contributed by atoms with E-state index in [0.717, 1.165) is 22.2 Å². The van der Waals surface area contributed by atoms with Crippen molar-refractivity contribution >= 4 is 27.3 Å².